The van der Waals surface area contributed by atoms with Crippen molar-refractivity contribution in [1.82, 2.24) is 0 Å². The van der Waals surface area contributed by atoms with Crippen LogP contribution in [-0.4, -0.2) is 51.2 Å². The third-order valence-electron chi connectivity index (χ3n) is 2.55. The van der Waals surface area contributed by atoms with Crippen molar-refractivity contribution in [2.75, 3.05) is 20.8 Å². The molecular weight excluding hydrogens is 200 g/mol. The normalized spacial score (nSPS) is 36.3. The van der Waals surface area contributed by atoms with Crippen LogP contribution in [0, 0.1) is 0 Å². The van der Waals surface area contributed by atoms with Gasteiger partial charge >= 0.3 is 5.97 Å². The summed E-state index contributed by atoms with van der Waals surface area (Å²) in [7, 11) is 3.16. The third kappa shape index (κ3) is 2.90. The molecule has 4 atom stereocenters. The Morgan fingerprint density at radius 1 is 1.27 bits per heavy atom. The number of ether oxygens (including phenoxy) is 4. The number of rotatable bonds is 3. The molecule has 1 heterocycles. The van der Waals surface area contributed by atoms with E-state index in [0.29, 0.717) is 6.61 Å². The van der Waals surface area contributed by atoms with Gasteiger partial charge in [0.05, 0.1) is 12.7 Å². The van der Waals surface area contributed by atoms with Gasteiger partial charge < -0.3 is 18.9 Å². The fourth-order valence-corrected chi connectivity index (χ4v) is 1.76. The molecule has 0 spiro atoms. The molecule has 0 amide bonds. The van der Waals surface area contributed by atoms with E-state index in [-0.39, 0.29) is 24.3 Å². The maximum atomic E-state index is 10.9. The minimum Gasteiger partial charge on any atom is -0.457 e. The van der Waals surface area contributed by atoms with Crippen LogP contribution in [0.1, 0.15) is 13.8 Å². The van der Waals surface area contributed by atoms with Crippen molar-refractivity contribution in [2.45, 2.75) is 38.3 Å². The van der Waals surface area contributed by atoms with Gasteiger partial charge in [0.15, 0.2) is 6.10 Å². The van der Waals surface area contributed by atoms with Gasteiger partial charge in [-0.1, -0.05) is 0 Å². The van der Waals surface area contributed by atoms with Crippen molar-refractivity contribution in [1.29, 1.82) is 0 Å². The Hall–Kier alpha value is -0.650. The first-order chi connectivity index (χ1) is 7.10. The smallest absolute Gasteiger partial charge is 0.303 e. The number of carbonyl (C=O) groups excluding carboxylic acids is 1. The summed E-state index contributed by atoms with van der Waals surface area (Å²) in [4.78, 5) is 10.9. The molecule has 0 aliphatic carbocycles. The molecule has 5 heteroatoms. The summed E-state index contributed by atoms with van der Waals surface area (Å²) in [5.41, 5.74) is 0. The Balaban J connectivity index is 2.71. The van der Waals surface area contributed by atoms with Crippen LogP contribution in [0.5, 0.6) is 0 Å². The van der Waals surface area contributed by atoms with E-state index in [1.165, 1.54) is 6.92 Å². The molecule has 0 aromatic heterocycles. The molecule has 0 N–H and O–H groups in total. The lowest BCUT2D eigenvalue weighted by atomic mass is 10.0. The van der Waals surface area contributed by atoms with Gasteiger partial charge in [0.2, 0.25) is 0 Å². The van der Waals surface area contributed by atoms with Gasteiger partial charge in [-0.2, -0.15) is 0 Å². The van der Waals surface area contributed by atoms with Crippen LogP contribution in [0.2, 0.25) is 0 Å². The van der Waals surface area contributed by atoms with E-state index in [2.05, 4.69) is 0 Å². The van der Waals surface area contributed by atoms with Crippen molar-refractivity contribution in [3.8, 4) is 0 Å². The predicted molar refractivity (Wildman–Crippen MR) is 52.6 cm³/mol. The van der Waals surface area contributed by atoms with Crippen LogP contribution >= 0.6 is 0 Å². The molecule has 0 bridgehead atoms. The predicted octanol–water partition coefficient (Wildman–Crippen LogP) is 0.367. The van der Waals surface area contributed by atoms with Gasteiger partial charge in [-0.3, -0.25) is 4.79 Å². The average Bonchev–Trinajstić information content (AvgIpc) is 2.20. The summed E-state index contributed by atoms with van der Waals surface area (Å²) in [6.45, 7) is 3.68. The number of hydrogen-bond donors (Lipinski definition) is 0. The van der Waals surface area contributed by atoms with Crippen LogP contribution in [0.3, 0.4) is 0 Å². The van der Waals surface area contributed by atoms with Crippen LogP contribution in [0.15, 0.2) is 0 Å². The molecule has 5 nitrogen and oxygen atoms in total. The second kappa shape index (κ2) is 5.44. The molecule has 1 rings (SSSR count). The van der Waals surface area contributed by atoms with Gasteiger partial charge in [-0.25, -0.2) is 0 Å². The van der Waals surface area contributed by atoms with Crippen molar-refractivity contribution >= 4 is 5.97 Å². The molecule has 0 aromatic carbocycles. The Kier molecular flexibility index (Phi) is 4.50. The van der Waals surface area contributed by atoms with Crippen molar-refractivity contribution in [3.63, 3.8) is 0 Å². The second-order valence-electron chi connectivity index (χ2n) is 3.59. The highest BCUT2D eigenvalue weighted by Gasteiger charge is 2.41. The van der Waals surface area contributed by atoms with Gasteiger partial charge in [-0.15, -0.1) is 0 Å². The standard InChI is InChI=1S/C10H18O5/c1-6-9(15-7(2)11)10(13-4)8(12-3)5-14-6/h6,8-10H,5H2,1-4H3/t6-,8-,9+,10+/m1/s1. The lowest BCUT2D eigenvalue weighted by Crippen LogP contribution is -2.55. The van der Waals surface area contributed by atoms with E-state index in [0.717, 1.165) is 0 Å². The molecule has 0 unspecified atom stereocenters. The zero-order valence-electron chi connectivity index (χ0n) is 9.56. The highest BCUT2D eigenvalue weighted by molar-refractivity contribution is 5.66. The van der Waals surface area contributed by atoms with Crippen molar-refractivity contribution in [3.05, 3.63) is 0 Å². The Labute approximate surface area is 89.6 Å². The molecule has 0 radical (unpaired) electrons. The fourth-order valence-electron chi connectivity index (χ4n) is 1.76. The molecule has 88 valence electrons. The zero-order chi connectivity index (χ0) is 11.4. The van der Waals surface area contributed by atoms with E-state index >= 15 is 0 Å². The van der Waals surface area contributed by atoms with Crippen molar-refractivity contribution < 1.29 is 23.7 Å². The fraction of sp³-hybridized carbons (Fsp3) is 0.900. The molecule has 0 aromatic rings. The van der Waals surface area contributed by atoms with E-state index in [9.17, 15) is 4.79 Å². The largest absolute Gasteiger partial charge is 0.457 e. The lowest BCUT2D eigenvalue weighted by Gasteiger charge is -2.39. The molecule has 1 aliphatic heterocycles. The first-order valence-electron chi connectivity index (χ1n) is 4.94. The number of carbonyl (C=O) groups is 1. The summed E-state index contributed by atoms with van der Waals surface area (Å²) in [5, 5.41) is 0. The van der Waals surface area contributed by atoms with E-state index in [4.69, 9.17) is 18.9 Å². The van der Waals surface area contributed by atoms with Gasteiger partial charge in [-0.05, 0) is 6.92 Å². The van der Waals surface area contributed by atoms with E-state index in [1.54, 1.807) is 14.2 Å². The van der Waals surface area contributed by atoms with Crippen LogP contribution in [-0.2, 0) is 23.7 Å². The number of methoxy groups -OCH3 is 2. The third-order valence-corrected chi connectivity index (χ3v) is 2.55. The molecule has 1 fully saturated rings. The first-order valence-corrected chi connectivity index (χ1v) is 4.94. The molecule has 1 aliphatic rings. The number of hydrogen-bond acceptors (Lipinski definition) is 5. The highest BCUT2D eigenvalue weighted by Crippen LogP contribution is 2.22. The summed E-state index contributed by atoms with van der Waals surface area (Å²) < 4.78 is 21.1. The average molecular weight is 218 g/mol. The summed E-state index contributed by atoms with van der Waals surface area (Å²) in [6.07, 6.45) is -1.06. The van der Waals surface area contributed by atoms with E-state index < -0.39 is 6.10 Å². The molecule has 15 heavy (non-hydrogen) atoms. The minimum absolute atomic E-state index is 0.176. The Bertz CT molecular complexity index is 218. The van der Waals surface area contributed by atoms with Crippen LogP contribution in [0.25, 0.3) is 0 Å². The molecule has 0 saturated carbocycles. The Morgan fingerprint density at radius 2 is 1.93 bits per heavy atom. The lowest BCUT2D eigenvalue weighted by molar-refractivity contribution is -0.214. The first kappa shape index (κ1) is 12.4. The SMILES string of the molecule is CO[C@@H]1[C@@H](OC(C)=O)[C@@H](C)OC[C@H]1OC. The summed E-state index contributed by atoms with van der Waals surface area (Å²) in [6, 6.07) is 0. The second-order valence-corrected chi connectivity index (χ2v) is 3.59. The van der Waals surface area contributed by atoms with Crippen LogP contribution < -0.4 is 0 Å². The van der Waals surface area contributed by atoms with Gasteiger partial charge in [0.1, 0.15) is 12.2 Å². The topological polar surface area (TPSA) is 54.0 Å². The van der Waals surface area contributed by atoms with Gasteiger partial charge in [0.25, 0.3) is 0 Å². The minimum atomic E-state index is -0.411. The zero-order valence-corrected chi connectivity index (χ0v) is 9.56. The highest BCUT2D eigenvalue weighted by atomic mass is 16.6. The Morgan fingerprint density at radius 3 is 2.40 bits per heavy atom. The maximum Gasteiger partial charge on any atom is 0.303 e. The van der Waals surface area contributed by atoms with Crippen LogP contribution in [0.4, 0.5) is 0 Å². The quantitative estimate of drug-likeness (QED) is 0.640. The molecular formula is C10H18O5. The molecule has 1 saturated heterocycles. The van der Waals surface area contributed by atoms with E-state index in [1.807, 2.05) is 6.92 Å². The number of esters is 1. The monoisotopic (exact) mass is 218 g/mol. The maximum absolute atomic E-state index is 10.9. The van der Waals surface area contributed by atoms with Gasteiger partial charge in [0, 0.05) is 21.1 Å². The van der Waals surface area contributed by atoms with Crippen molar-refractivity contribution in [2.24, 2.45) is 0 Å². The summed E-state index contributed by atoms with van der Waals surface area (Å²) in [5.74, 6) is -0.339. The summed E-state index contributed by atoms with van der Waals surface area (Å²) >= 11 is 0.